The molecule has 1 aliphatic heterocycles. The molecule has 0 aromatic heterocycles. The van der Waals surface area contributed by atoms with Crippen molar-refractivity contribution < 1.29 is 9.90 Å². The van der Waals surface area contributed by atoms with Crippen molar-refractivity contribution in [1.29, 1.82) is 0 Å². The summed E-state index contributed by atoms with van der Waals surface area (Å²) in [6, 6.07) is 8.00. The van der Waals surface area contributed by atoms with Gasteiger partial charge in [0.25, 0.3) is 0 Å². The zero-order chi connectivity index (χ0) is 15.0. The molecule has 1 aliphatic carbocycles. The summed E-state index contributed by atoms with van der Waals surface area (Å²) in [4.78, 5) is 13.9. The molecule has 21 heavy (non-hydrogen) atoms. The van der Waals surface area contributed by atoms with Gasteiger partial charge in [0.15, 0.2) is 0 Å². The van der Waals surface area contributed by atoms with Crippen molar-refractivity contribution >= 4 is 17.6 Å². The zero-order valence-electron chi connectivity index (χ0n) is 12.3. The van der Waals surface area contributed by atoms with Crippen LogP contribution < -0.4 is 0 Å². The Hall–Kier alpha value is -1.06. The molecule has 1 N–H and O–H groups in total. The van der Waals surface area contributed by atoms with Gasteiger partial charge >= 0.3 is 5.97 Å². The Morgan fingerprint density at radius 3 is 2.62 bits per heavy atom. The third-order valence-corrected chi connectivity index (χ3v) is 5.47. The molecule has 2 fully saturated rings. The number of aliphatic carboxylic acids is 1. The van der Waals surface area contributed by atoms with Crippen LogP contribution in [-0.4, -0.2) is 28.1 Å². The highest BCUT2D eigenvalue weighted by atomic mass is 35.5. The Morgan fingerprint density at radius 1 is 1.29 bits per heavy atom. The van der Waals surface area contributed by atoms with Gasteiger partial charge < -0.3 is 5.11 Å². The second kappa shape index (κ2) is 5.98. The number of fused-ring (bicyclic) bond motifs is 1. The van der Waals surface area contributed by atoms with Gasteiger partial charge in [0.05, 0.1) is 0 Å². The largest absolute Gasteiger partial charge is 0.480 e. The highest BCUT2D eigenvalue weighted by Crippen LogP contribution is 2.44. The monoisotopic (exact) mass is 307 g/mol. The maximum Gasteiger partial charge on any atom is 0.320 e. The van der Waals surface area contributed by atoms with E-state index in [1.807, 2.05) is 24.3 Å². The molecule has 0 radical (unpaired) electrons. The van der Waals surface area contributed by atoms with Crippen molar-refractivity contribution in [1.82, 2.24) is 4.90 Å². The average Bonchev–Trinajstić information content (AvgIpc) is 2.87. The van der Waals surface area contributed by atoms with Crippen LogP contribution in [0.1, 0.15) is 50.6 Å². The Balaban J connectivity index is 1.88. The third-order valence-electron chi connectivity index (χ3n) is 5.22. The van der Waals surface area contributed by atoms with Crippen LogP contribution in [0.5, 0.6) is 0 Å². The smallest absolute Gasteiger partial charge is 0.320 e. The van der Waals surface area contributed by atoms with Crippen LogP contribution in [-0.2, 0) is 4.79 Å². The summed E-state index contributed by atoms with van der Waals surface area (Å²) in [5, 5.41) is 10.3. The lowest BCUT2D eigenvalue weighted by molar-refractivity contribution is -0.143. The summed E-state index contributed by atoms with van der Waals surface area (Å²) >= 11 is 5.96. The molecule has 4 atom stereocenters. The zero-order valence-corrected chi connectivity index (χ0v) is 13.1. The number of rotatable bonds is 3. The molecule has 1 aromatic rings. The van der Waals surface area contributed by atoms with Crippen molar-refractivity contribution in [3.63, 3.8) is 0 Å². The summed E-state index contributed by atoms with van der Waals surface area (Å²) in [5.41, 5.74) is 1.15. The molecule has 0 spiro atoms. The fourth-order valence-corrected chi connectivity index (χ4v) is 4.32. The minimum absolute atomic E-state index is 0.122. The molecule has 1 aromatic carbocycles. The number of halogens is 1. The fourth-order valence-electron chi connectivity index (χ4n) is 4.19. The van der Waals surface area contributed by atoms with Crippen LogP contribution in [0.25, 0.3) is 0 Å². The number of carboxylic acid groups (broad SMARTS) is 1. The fraction of sp³-hybridized carbons (Fsp3) is 0.588. The van der Waals surface area contributed by atoms with Crippen molar-refractivity contribution in [2.75, 3.05) is 0 Å². The number of nitrogens with zero attached hydrogens (tertiary/aromatic N) is 1. The average molecular weight is 308 g/mol. The normalized spacial score (nSPS) is 30.9. The lowest BCUT2D eigenvalue weighted by Gasteiger charge is -2.37. The maximum atomic E-state index is 11.7. The molecule has 1 saturated carbocycles. The predicted molar refractivity (Wildman–Crippen MR) is 83.5 cm³/mol. The Labute approximate surface area is 130 Å². The first-order chi connectivity index (χ1) is 10.1. The van der Waals surface area contributed by atoms with Gasteiger partial charge in [-0.1, -0.05) is 36.6 Å². The molecule has 3 rings (SSSR count). The lowest BCUT2D eigenvalue weighted by atomic mass is 9.84. The molecule has 1 saturated heterocycles. The molecule has 1 heterocycles. The van der Waals surface area contributed by atoms with E-state index in [0.29, 0.717) is 12.0 Å². The molecule has 4 heteroatoms. The van der Waals surface area contributed by atoms with E-state index in [4.69, 9.17) is 11.6 Å². The van der Waals surface area contributed by atoms with E-state index in [1.165, 1.54) is 19.3 Å². The van der Waals surface area contributed by atoms with E-state index in [2.05, 4.69) is 11.8 Å². The molecule has 3 nitrogen and oxygen atoms in total. The van der Waals surface area contributed by atoms with Crippen molar-refractivity contribution in [2.24, 2.45) is 5.92 Å². The van der Waals surface area contributed by atoms with E-state index in [-0.39, 0.29) is 12.1 Å². The number of carbonyl (C=O) groups is 1. The molecular weight excluding hydrogens is 286 g/mol. The van der Waals surface area contributed by atoms with Crippen molar-refractivity contribution in [3.05, 3.63) is 34.9 Å². The first-order valence-electron chi connectivity index (χ1n) is 7.83. The van der Waals surface area contributed by atoms with Gasteiger partial charge in [-0.25, -0.2) is 0 Å². The van der Waals surface area contributed by atoms with Crippen LogP contribution in [0.3, 0.4) is 0 Å². The van der Waals surface area contributed by atoms with Crippen molar-refractivity contribution in [2.45, 2.75) is 57.2 Å². The molecule has 0 amide bonds. The number of likely N-dealkylation sites (tertiary alicyclic amines) is 1. The number of carboxylic acids is 1. The van der Waals surface area contributed by atoms with E-state index >= 15 is 0 Å². The van der Waals surface area contributed by atoms with Gasteiger partial charge in [-0.05, 0) is 49.8 Å². The van der Waals surface area contributed by atoms with Gasteiger partial charge in [0.1, 0.15) is 6.04 Å². The van der Waals surface area contributed by atoms with Crippen LogP contribution in [0.2, 0.25) is 5.02 Å². The number of benzene rings is 1. The van der Waals surface area contributed by atoms with Crippen LogP contribution >= 0.6 is 11.6 Å². The van der Waals surface area contributed by atoms with Gasteiger partial charge in [0, 0.05) is 17.1 Å². The standard InChI is InChI=1S/C17H22ClNO2/c1-11(12-6-8-14(18)9-7-12)19-15-5-3-2-4-13(15)10-16(19)17(20)21/h6-9,11,13,15-16H,2-5,10H2,1H3,(H,20,21). The number of hydrogen-bond donors (Lipinski definition) is 1. The summed E-state index contributed by atoms with van der Waals surface area (Å²) in [5.74, 6) is -0.125. The van der Waals surface area contributed by atoms with Gasteiger partial charge in [-0.2, -0.15) is 0 Å². The Bertz CT molecular complexity index is 516. The van der Waals surface area contributed by atoms with Gasteiger partial charge in [-0.15, -0.1) is 0 Å². The predicted octanol–water partition coefficient (Wildman–Crippen LogP) is 4.12. The molecule has 2 aliphatic rings. The quantitative estimate of drug-likeness (QED) is 0.913. The summed E-state index contributed by atoms with van der Waals surface area (Å²) in [6.07, 6.45) is 5.58. The van der Waals surface area contributed by atoms with Crippen LogP contribution in [0.15, 0.2) is 24.3 Å². The molecule has 114 valence electrons. The van der Waals surface area contributed by atoms with Gasteiger partial charge in [0.2, 0.25) is 0 Å². The third kappa shape index (κ3) is 2.82. The SMILES string of the molecule is CC(c1ccc(Cl)cc1)N1C(C(=O)O)CC2CCCCC21. The number of hydrogen-bond acceptors (Lipinski definition) is 2. The first kappa shape index (κ1) is 14.9. The van der Waals surface area contributed by atoms with E-state index in [9.17, 15) is 9.90 Å². The van der Waals surface area contributed by atoms with Gasteiger partial charge in [-0.3, -0.25) is 9.69 Å². The van der Waals surface area contributed by atoms with Crippen LogP contribution in [0, 0.1) is 5.92 Å². The minimum atomic E-state index is -0.676. The highest BCUT2D eigenvalue weighted by Gasteiger charge is 2.47. The van der Waals surface area contributed by atoms with Crippen LogP contribution in [0.4, 0.5) is 0 Å². The van der Waals surface area contributed by atoms with E-state index in [0.717, 1.165) is 23.4 Å². The van der Waals surface area contributed by atoms with E-state index < -0.39 is 5.97 Å². The summed E-state index contributed by atoms with van der Waals surface area (Å²) in [6.45, 7) is 2.12. The van der Waals surface area contributed by atoms with E-state index in [1.54, 1.807) is 0 Å². The second-order valence-electron chi connectivity index (χ2n) is 6.38. The van der Waals surface area contributed by atoms with Crippen molar-refractivity contribution in [3.8, 4) is 0 Å². The lowest BCUT2D eigenvalue weighted by Crippen LogP contribution is -2.43. The second-order valence-corrected chi connectivity index (χ2v) is 6.81. The summed E-state index contributed by atoms with van der Waals surface area (Å²) < 4.78 is 0. The highest BCUT2D eigenvalue weighted by molar-refractivity contribution is 6.30. The molecule has 4 unspecified atom stereocenters. The minimum Gasteiger partial charge on any atom is -0.480 e. The Morgan fingerprint density at radius 2 is 1.95 bits per heavy atom. The summed E-state index contributed by atoms with van der Waals surface area (Å²) in [7, 11) is 0. The molecular formula is C17H22ClNO2. The maximum absolute atomic E-state index is 11.7. The molecule has 0 bridgehead atoms. The first-order valence-corrected chi connectivity index (χ1v) is 8.21. The topological polar surface area (TPSA) is 40.5 Å². The Kier molecular flexibility index (Phi) is 4.23.